The van der Waals surface area contributed by atoms with Crippen LogP contribution < -0.4 is 10.6 Å². The third kappa shape index (κ3) is 2.79. The van der Waals surface area contributed by atoms with Gasteiger partial charge in [0.05, 0.1) is 11.9 Å². The quantitative estimate of drug-likeness (QED) is 0.832. The highest BCUT2D eigenvalue weighted by molar-refractivity contribution is 7.80. The van der Waals surface area contributed by atoms with Gasteiger partial charge in [0.25, 0.3) is 0 Å². The van der Waals surface area contributed by atoms with Crippen LogP contribution in [0.15, 0.2) is 18.5 Å². The van der Waals surface area contributed by atoms with Gasteiger partial charge in [0.1, 0.15) is 4.99 Å². The van der Waals surface area contributed by atoms with Crippen LogP contribution in [0.2, 0.25) is 0 Å². The molecule has 4 nitrogen and oxygen atoms in total. The van der Waals surface area contributed by atoms with Gasteiger partial charge in [-0.1, -0.05) is 12.2 Å². The molecule has 0 saturated carbocycles. The average molecular weight is 264 g/mol. The lowest BCUT2D eigenvalue weighted by atomic mass is 10.0. The molecule has 1 aliphatic heterocycles. The Morgan fingerprint density at radius 2 is 2.11 bits per heavy atom. The Balaban J connectivity index is 2.12. The lowest BCUT2D eigenvalue weighted by Gasteiger charge is -2.37. The molecule has 2 N–H and O–H groups in total. The van der Waals surface area contributed by atoms with Crippen LogP contribution in [0.1, 0.15) is 18.4 Å². The summed E-state index contributed by atoms with van der Waals surface area (Å²) in [5, 5.41) is 0. The molecule has 1 fully saturated rings. The molecule has 1 aliphatic rings. The Hall–Kier alpha value is -1.20. The first-order chi connectivity index (χ1) is 8.59. The van der Waals surface area contributed by atoms with E-state index < -0.39 is 0 Å². The van der Waals surface area contributed by atoms with Gasteiger partial charge in [-0.25, -0.2) is 0 Å². The molecule has 1 aromatic heterocycles. The van der Waals surface area contributed by atoms with E-state index >= 15 is 0 Å². The Kier molecular flexibility index (Phi) is 4.14. The van der Waals surface area contributed by atoms with Crippen molar-refractivity contribution in [2.75, 3.05) is 32.1 Å². The molecule has 5 heteroatoms. The van der Waals surface area contributed by atoms with Crippen molar-refractivity contribution in [3.05, 3.63) is 24.0 Å². The summed E-state index contributed by atoms with van der Waals surface area (Å²) in [7, 11) is 4.29. The minimum Gasteiger partial charge on any atom is -0.389 e. The number of pyridine rings is 1. The first-order valence-corrected chi connectivity index (χ1v) is 6.65. The third-order valence-electron chi connectivity index (χ3n) is 3.60. The first-order valence-electron chi connectivity index (χ1n) is 6.25. The summed E-state index contributed by atoms with van der Waals surface area (Å²) < 4.78 is 0. The number of nitrogens with two attached hydrogens (primary N) is 1. The Bertz CT molecular complexity index is 425. The standard InChI is InChI=1S/C13H20N4S/c1-16(2)10-4-7-17(8-5-10)12-9-15-6-3-11(12)13(14)18/h3,6,9-10H,4-5,7-8H2,1-2H3,(H2,14,18). The van der Waals surface area contributed by atoms with Crippen molar-refractivity contribution in [3.63, 3.8) is 0 Å². The molecule has 18 heavy (non-hydrogen) atoms. The van der Waals surface area contributed by atoms with Crippen molar-refractivity contribution < 1.29 is 0 Å². The zero-order valence-electron chi connectivity index (χ0n) is 11.0. The highest BCUT2D eigenvalue weighted by Gasteiger charge is 2.22. The number of piperidine rings is 1. The fourth-order valence-electron chi connectivity index (χ4n) is 2.47. The van der Waals surface area contributed by atoms with Crippen LogP contribution in [0, 0.1) is 0 Å². The molecule has 0 radical (unpaired) electrons. The number of thiocarbonyl (C=S) groups is 1. The van der Waals surface area contributed by atoms with Crippen LogP contribution in [0.4, 0.5) is 5.69 Å². The van der Waals surface area contributed by atoms with E-state index in [2.05, 4.69) is 28.9 Å². The van der Waals surface area contributed by atoms with Crippen molar-refractivity contribution in [2.24, 2.45) is 5.73 Å². The summed E-state index contributed by atoms with van der Waals surface area (Å²) >= 11 is 5.10. The topological polar surface area (TPSA) is 45.4 Å². The molecular formula is C13H20N4S. The molecule has 2 rings (SSSR count). The maximum absolute atomic E-state index is 5.77. The van der Waals surface area contributed by atoms with Crippen LogP contribution in [0.25, 0.3) is 0 Å². The highest BCUT2D eigenvalue weighted by atomic mass is 32.1. The maximum atomic E-state index is 5.77. The summed E-state index contributed by atoms with van der Waals surface area (Å²) in [5.41, 5.74) is 7.77. The molecule has 98 valence electrons. The molecule has 1 aromatic rings. The largest absolute Gasteiger partial charge is 0.389 e. The van der Waals surface area contributed by atoms with E-state index in [1.54, 1.807) is 6.20 Å². The van der Waals surface area contributed by atoms with Gasteiger partial charge in [0.2, 0.25) is 0 Å². The van der Waals surface area contributed by atoms with Crippen molar-refractivity contribution in [3.8, 4) is 0 Å². The Labute approximate surface area is 114 Å². The van der Waals surface area contributed by atoms with Crippen LogP contribution >= 0.6 is 12.2 Å². The highest BCUT2D eigenvalue weighted by Crippen LogP contribution is 2.24. The normalized spacial score (nSPS) is 17.2. The van der Waals surface area contributed by atoms with Gasteiger partial charge in [0.15, 0.2) is 0 Å². The molecule has 2 heterocycles. The minimum absolute atomic E-state index is 0.446. The number of hydrogen-bond acceptors (Lipinski definition) is 4. The first kappa shape index (κ1) is 13.2. The smallest absolute Gasteiger partial charge is 0.106 e. The Morgan fingerprint density at radius 3 is 2.67 bits per heavy atom. The van der Waals surface area contributed by atoms with Gasteiger partial charge in [-0.3, -0.25) is 4.98 Å². The van der Waals surface area contributed by atoms with E-state index in [4.69, 9.17) is 18.0 Å². The summed E-state index contributed by atoms with van der Waals surface area (Å²) in [5.74, 6) is 0. The summed E-state index contributed by atoms with van der Waals surface area (Å²) in [4.78, 5) is 9.27. The van der Waals surface area contributed by atoms with Gasteiger partial charge in [-0.05, 0) is 33.0 Å². The predicted octanol–water partition coefficient (Wildman–Crippen LogP) is 1.25. The molecule has 0 bridgehead atoms. The van der Waals surface area contributed by atoms with Crippen molar-refractivity contribution >= 4 is 22.9 Å². The lowest BCUT2D eigenvalue weighted by Crippen LogP contribution is -2.42. The van der Waals surface area contributed by atoms with Gasteiger partial charge >= 0.3 is 0 Å². The molecule has 0 aliphatic carbocycles. The predicted molar refractivity (Wildman–Crippen MR) is 79.0 cm³/mol. The average Bonchev–Trinajstić information content (AvgIpc) is 2.39. The maximum Gasteiger partial charge on any atom is 0.106 e. The number of hydrogen-bond donors (Lipinski definition) is 1. The zero-order chi connectivity index (χ0) is 13.1. The van der Waals surface area contributed by atoms with E-state index in [1.165, 1.54) is 12.8 Å². The molecule has 0 amide bonds. The summed E-state index contributed by atoms with van der Waals surface area (Å²) in [6, 6.07) is 2.57. The van der Waals surface area contributed by atoms with Crippen LogP contribution in [0.3, 0.4) is 0 Å². The van der Waals surface area contributed by atoms with Crippen molar-refractivity contribution in [1.82, 2.24) is 9.88 Å². The van der Waals surface area contributed by atoms with Gasteiger partial charge in [0, 0.05) is 30.9 Å². The van der Waals surface area contributed by atoms with Crippen molar-refractivity contribution in [2.45, 2.75) is 18.9 Å². The van der Waals surface area contributed by atoms with Crippen LogP contribution in [-0.4, -0.2) is 48.1 Å². The lowest BCUT2D eigenvalue weighted by molar-refractivity contribution is 0.249. The number of aromatic nitrogens is 1. The van der Waals surface area contributed by atoms with E-state index in [9.17, 15) is 0 Å². The summed E-state index contributed by atoms with van der Waals surface area (Å²) in [6.07, 6.45) is 5.94. The van der Waals surface area contributed by atoms with Gasteiger partial charge in [-0.2, -0.15) is 0 Å². The fourth-order valence-corrected chi connectivity index (χ4v) is 2.64. The Morgan fingerprint density at radius 1 is 1.44 bits per heavy atom. The van der Waals surface area contributed by atoms with E-state index in [0.717, 1.165) is 24.3 Å². The van der Waals surface area contributed by atoms with E-state index in [-0.39, 0.29) is 0 Å². The zero-order valence-corrected chi connectivity index (χ0v) is 11.8. The third-order valence-corrected chi connectivity index (χ3v) is 3.82. The number of rotatable bonds is 3. The molecule has 1 saturated heterocycles. The molecule has 0 unspecified atom stereocenters. The molecular weight excluding hydrogens is 244 g/mol. The SMILES string of the molecule is CN(C)C1CCN(c2cnccc2C(N)=S)CC1. The molecule has 0 atom stereocenters. The minimum atomic E-state index is 0.446. The second-order valence-electron chi connectivity index (χ2n) is 4.94. The summed E-state index contributed by atoms with van der Waals surface area (Å²) in [6.45, 7) is 2.06. The van der Waals surface area contributed by atoms with Crippen LogP contribution in [-0.2, 0) is 0 Å². The van der Waals surface area contributed by atoms with E-state index in [1.807, 2.05) is 12.3 Å². The van der Waals surface area contributed by atoms with Gasteiger partial charge in [-0.15, -0.1) is 0 Å². The fraction of sp³-hybridized carbons (Fsp3) is 0.538. The van der Waals surface area contributed by atoms with E-state index in [0.29, 0.717) is 11.0 Å². The van der Waals surface area contributed by atoms with Crippen LogP contribution in [0.5, 0.6) is 0 Å². The molecule has 0 spiro atoms. The van der Waals surface area contributed by atoms with Crippen molar-refractivity contribution in [1.29, 1.82) is 0 Å². The second-order valence-corrected chi connectivity index (χ2v) is 5.38. The number of anilines is 1. The monoisotopic (exact) mass is 264 g/mol. The van der Waals surface area contributed by atoms with Gasteiger partial charge < -0.3 is 15.5 Å². The number of nitrogens with zero attached hydrogens (tertiary/aromatic N) is 3. The molecule has 0 aromatic carbocycles. The second kappa shape index (κ2) is 5.63.